The molecule has 0 saturated heterocycles. The standard InChI is InChI=1S/C7H12N2O5/c1-14-6(11)3-9-4(7(12)13)2-5(8)10/h4,9H,2-3H2,1H3,(H2,8,10)(H,12,13). The van der Waals surface area contributed by atoms with Crippen LogP contribution in [0.25, 0.3) is 0 Å². The largest absolute Gasteiger partial charge is 0.480 e. The van der Waals surface area contributed by atoms with Gasteiger partial charge in [0.15, 0.2) is 0 Å². The van der Waals surface area contributed by atoms with E-state index in [2.05, 4.69) is 10.1 Å². The van der Waals surface area contributed by atoms with Gasteiger partial charge in [-0.2, -0.15) is 0 Å². The Kier molecular flexibility index (Phi) is 5.23. The van der Waals surface area contributed by atoms with Gasteiger partial charge in [0, 0.05) is 0 Å². The highest BCUT2D eigenvalue weighted by Crippen LogP contribution is 1.91. The SMILES string of the molecule is COC(=O)CNC(CC(N)=O)C(=O)O. The van der Waals surface area contributed by atoms with Gasteiger partial charge in [-0.05, 0) is 0 Å². The average molecular weight is 204 g/mol. The summed E-state index contributed by atoms with van der Waals surface area (Å²) < 4.78 is 4.27. The molecule has 0 aliphatic rings. The molecule has 1 unspecified atom stereocenters. The molecule has 0 aliphatic carbocycles. The van der Waals surface area contributed by atoms with E-state index in [9.17, 15) is 14.4 Å². The summed E-state index contributed by atoms with van der Waals surface area (Å²) in [6.45, 7) is -0.277. The molecule has 0 spiro atoms. The highest BCUT2D eigenvalue weighted by molar-refractivity contribution is 5.84. The second-order valence-corrected chi connectivity index (χ2v) is 2.52. The lowest BCUT2D eigenvalue weighted by Gasteiger charge is -2.10. The van der Waals surface area contributed by atoms with Crippen LogP contribution in [0.15, 0.2) is 0 Å². The van der Waals surface area contributed by atoms with Crippen molar-refractivity contribution in [2.75, 3.05) is 13.7 Å². The van der Waals surface area contributed by atoms with Crippen LogP contribution in [0.3, 0.4) is 0 Å². The lowest BCUT2D eigenvalue weighted by atomic mass is 10.2. The van der Waals surface area contributed by atoms with Gasteiger partial charge in [-0.15, -0.1) is 0 Å². The molecule has 4 N–H and O–H groups in total. The second kappa shape index (κ2) is 5.92. The fourth-order valence-electron chi connectivity index (χ4n) is 0.727. The Bertz CT molecular complexity index is 240. The van der Waals surface area contributed by atoms with Gasteiger partial charge < -0.3 is 15.6 Å². The number of methoxy groups -OCH3 is 1. The van der Waals surface area contributed by atoms with E-state index in [1.165, 1.54) is 7.11 Å². The van der Waals surface area contributed by atoms with Gasteiger partial charge in [0.05, 0.1) is 20.1 Å². The minimum absolute atomic E-state index is 0.277. The van der Waals surface area contributed by atoms with Gasteiger partial charge >= 0.3 is 11.9 Å². The predicted octanol–water partition coefficient (Wildman–Crippen LogP) is -1.92. The van der Waals surface area contributed by atoms with E-state index in [1.807, 2.05) is 0 Å². The molecule has 0 rings (SSSR count). The van der Waals surface area contributed by atoms with E-state index in [-0.39, 0.29) is 13.0 Å². The minimum Gasteiger partial charge on any atom is -0.480 e. The molecule has 7 heteroatoms. The van der Waals surface area contributed by atoms with Crippen LogP contribution in [-0.2, 0) is 19.1 Å². The van der Waals surface area contributed by atoms with Crippen LogP contribution in [0.4, 0.5) is 0 Å². The zero-order valence-corrected chi connectivity index (χ0v) is 7.65. The van der Waals surface area contributed by atoms with Crippen LogP contribution in [0, 0.1) is 0 Å². The van der Waals surface area contributed by atoms with E-state index in [0.29, 0.717) is 0 Å². The molecule has 1 amide bonds. The first-order chi connectivity index (χ1) is 6.47. The van der Waals surface area contributed by atoms with Crippen LogP contribution >= 0.6 is 0 Å². The lowest BCUT2D eigenvalue weighted by molar-refractivity contribution is -0.143. The molecular weight excluding hydrogens is 192 g/mol. The molecule has 0 aromatic heterocycles. The third-order valence-corrected chi connectivity index (χ3v) is 1.42. The van der Waals surface area contributed by atoms with Crippen molar-refractivity contribution in [3.05, 3.63) is 0 Å². The molecule has 14 heavy (non-hydrogen) atoms. The predicted molar refractivity (Wildman–Crippen MR) is 45.3 cm³/mol. The van der Waals surface area contributed by atoms with E-state index in [1.54, 1.807) is 0 Å². The number of rotatable bonds is 6. The van der Waals surface area contributed by atoms with Crippen molar-refractivity contribution in [3.63, 3.8) is 0 Å². The normalized spacial score (nSPS) is 11.8. The number of carbonyl (C=O) groups is 3. The number of nitrogens with two attached hydrogens (primary N) is 1. The van der Waals surface area contributed by atoms with Crippen molar-refractivity contribution in [1.82, 2.24) is 5.32 Å². The number of hydrogen-bond donors (Lipinski definition) is 3. The Morgan fingerprint density at radius 2 is 2.07 bits per heavy atom. The third kappa shape index (κ3) is 5.09. The average Bonchev–Trinajstić information content (AvgIpc) is 2.10. The summed E-state index contributed by atoms with van der Waals surface area (Å²) in [5.74, 6) is -2.61. The Morgan fingerprint density at radius 3 is 2.43 bits per heavy atom. The maximum atomic E-state index is 10.6. The van der Waals surface area contributed by atoms with Crippen molar-refractivity contribution in [2.24, 2.45) is 5.73 Å². The number of ether oxygens (including phenoxy) is 1. The number of carbonyl (C=O) groups excluding carboxylic acids is 2. The van der Waals surface area contributed by atoms with E-state index in [0.717, 1.165) is 0 Å². The number of primary amides is 1. The van der Waals surface area contributed by atoms with Crippen molar-refractivity contribution in [2.45, 2.75) is 12.5 Å². The van der Waals surface area contributed by atoms with Gasteiger partial charge in [0.2, 0.25) is 5.91 Å². The van der Waals surface area contributed by atoms with Crippen LogP contribution in [0.1, 0.15) is 6.42 Å². The van der Waals surface area contributed by atoms with E-state index >= 15 is 0 Å². The highest BCUT2D eigenvalue weighted by atomic mass is 16.5. The van der Waals surface area contributed by atoms with Crippen LogP contribution in [-0.4, -0.2) is 42.6 Å². The summed E-state index contributed by atoms with van der Waals surface area (Å²) in [4.78, 5) is 31.6. The molecular formula is C7H12N2O5. The third-order valence-electron chi connectivity index (χ3n) is 1.42. The molecule has 0 aromatic carbocycles. The van der Waals surface area contributed by atoms with Crippen LogP contribution < -0.4 is 11.1 Å². The molecule has 1 atom stereocenters. The highest BCUT2D eigenvalue weighted by Gasteiger charge is 2.20. The Balaban J connectivity index is 4.04. The van der Waals surface area contributed by atoms with Gasteiger partial charge in [0.25, 0.3) is 0 Å². The minimum atomic E-state index is -1.24. The topological polar surface area (TPSA) is 119 Å². The lowest BCUT2D eigenvalue weighted by Crippen LogP contribution is -2.42. The molecule has 7 nitrogen and oxygen atoms in total. The summed E-state index contributed by atoms with van der Waals surface area (Å²) in [6.07, 6.45) is -0.369. The number of nitrogens with one attached hydrogen (secondary N) is 1. The first-order valence-electron chi connectivity index (χ1n) is 3.78. The zero-order chi connectivity index (χ0) is 11.1. The Labute approximate surface area is 80.2 Å². The molecule has 0 radical (unpaired) electrons. The van der Waals surface area contributed by atoms with Crippen molar-refractivity contribution in [3.8, 4) is 0 Å². The first kappa shape index (κ1) is 12.4. The molecule has 0 heterocycles. The van der Waals surface area contributed by atoms with E-state index in [4.69, 9.17) is 10.8 Å². The summed E-state index contributed by atoms with van der Waals surface area (Å²) in [7, 11) is 1.17. The smallest absolute Gasteiger partial charge is 0.321 e. The summed E-state index contributed by atoms with van der Waals surface area (Å²) in [5, 5.41) is 10.9. The number of aliphatic carboxylic acids is 1. The van der Waals surface area contributed by atoms with Gasteiger partial charge in [-0.25, -0.2) is 0 Å². The van der Waals surface area contributed by atoms with Gasteiger partial charge in [0.1, 0.15) is 6.04 Å². The van der Waals surface area contributed by atoms with Crippen LogP contribution in [0.5, 0.6) is 0 Å². The molecule has 0 aliphatic heterocycles. The fourth-order valence-corrected chi connectivity index (χ4v) is 0.727. The van der Waals surface area contributed by atoms with Gasteiger partial charge in [-0.3, -0.25) is 19.7 Å². The van der Waals surface area contributed by atoms with Gasteiger partial charge in [-0.1, -0.05) is 0 Å². The Hall–Kier alpha value is -1.63. The number of esters is 1. The number of carboxylic acid groups (broad SMARTS) is 1. The second-order valence-electron chi connectivity index (χ2n) is 2.52. The first-order valence-corrected chi connectivity index (χ1v) is 3.78. The summed E-state index contributed by atoms with van der Waals surface area (Å²) >= 11 is 0. The van der Waals surface area contributed by atoms with E-state index < -0.39 is 23.9 Å². The number of amides is 1. The monoisotopic (exact) mass is 204 g/mol. The molecule has 0 bridgehead atoms. The Morgan fingerprint density at radius 1 is 1.50 bits per heavy atom. The fraction of sp³-hybridized carbons (Fsp3) is 0.571. The van der Waals surface area contributed by atoms with Crippen LogP contribution in [0.2, 0.25) is 0 Å². The quantitative estimate of drug-likeness (QED) is 0.434. The number of carboxylic acids is 1. The van der Waals surface area contributed by atoms with Crippen molar-refractivity contribution >= 4 is 17.8 Å². The summed E-state index contributed by atoms with van der Waals surface area (Å²) in [5.41, 5.74) is 4.81. The number of hydrogen-bond acceptors (Lipinski definition) is 5. The molecule has 0 aromatic rings. The molecule has 80 valence electrons. The molecule has 0 fully saturated rings. The maximum absolute atomic E-state index is 10.6. The zero-order valence-electron chi connectivity index (χ0n) is 7.65. The van der Waals surface area contributed by atoms with Crippen molar-refractivity contribution in [1.29, 1.82) is 0 Å². The summed E-state index contributed by atoms with van der Waals surface area (Å²) in [6, 6.07) is -1.16. The molecule has 0 saturated carbocycles. The maximum Gasteiger partial charge on any atom is 0.321 e. The van der Waals surface area contributed by atoms with Crippen molar-refractivity contribution < 1.29 is 24.2 Å².